The second-order valence-corrected chi connectivity index (χ2v) is 25.3. The summed E-state index contributed by atoms with van der Waals surface area (Å²) in [4.78, 5) is 185. The highest BCUT2D eigenvalue weighted by Crippen LogP contribution is 2.21. The number of phenols is 1. The van der Waals surface area contributed by atoms with Crippen molar-refractivity contribution in [3.63, 3.8) is 0 Å². The maximum Gasteiger partial charge on any atom is 0.245 e. The van der Waals surface area contributed by atoms with Gasteiger partial charge in [-0.25, -0.2) is 0 Å². The van der Waals surface area contributed by atoms with Crippen LogP contribution in [0.5, 0.6) is 5.75 Å². The average molecular weight is 1490 g/mol. The van der Waals surface area contributed by atoms with E-state index in [0.29, 0.717) is 42.5 Å². The third-order valence-corrected chi connectivity index (χ3v) is 16.6. The molecule has 0 bridgehead atoms. The summed E-state index contributed by atoms with van der Waals surface area (Å²) >= 11 is 0. The Morgan fingerprint density at radius 3 is 1.38 bits per heavy atom. The first-order valence-electron chi connectivity index (χ1n) is 35.0. The molecule has 10 atom stereocenters. The Hall–Kier alpha value is -11.6. The van der Waals surface area contributed by atoms with E-state index in [4.69, 9.17) is 45.9 Å². The number of benzene rings is 4. The molecule has 0 saturated carbocycles. The zero-order valence-corrected chi connectivity index (χ0v) is 60.1. The first-order chi connectivity index (χ1) is 51.0. The van der Waals surface area contributed by atoms with Gasteiger partial charge < -0.3 is 120 Å². The first-order valence-corrected chi connectivity index (χ1v) is 35.0. The maximum atomic E-state index is 14.5. The Kier molecular flexibility index (Phi) is 38.6. The molecule has 0 fully saturated rings. The summed E-state index contributed by atoms with van der Waals surface area (Å²) in [5.74, 6) is -11.7. The maximum absolute atomic E-state index is 14.5. The molecule has 0 spiro atoms. The standard InChI is InChI=1S/C70H104N22O15/c1-40(60(99)88-52(24-14-32-80-70(77)78)65(104)90-50(22-9-11-30-72)66(105)92-55(39-93)68(107)85-41(2)61(100)89-51(23-13-31-79-69(75)76)64(103)87-49(59(74)98)21-8-10-29-71)84-57(96)38-83-63(102)54(35-45-19-12-18-44-17-6-7-20-47(44)45)91-67(106)53(34-42-15-4-3-5-16-42)86-58(97)37-81-56(95)36-82-62(101)48(73)33-43-25-27-46(94)28-26-43/h3-7,12,15-20,25-28,40-41,48-55,93-94H,8-11,13-14,21-24,29-39,71-73H2,1-2H3,(H2,74,98)(H,81,95)(H,82,101)(H,83,102)(H,84,96)(H,85,107)(H,86,97)(H,87,103)(H,88,99)(H,89,100)(H,90,104)(H,91,106)(H,92,105)(H4,75,76,79)(H4,77,78,80)/t40-,41-,48-,49-,50-,51-,52-,53-,54-,55-/m0/s1. The monoisotopic (exact) mass is 1490 g/mol. The van der Waals surface area contributed by atoms with Crippen LogP contribution in [0.15, 0.2) is 107 Å². The topological polar surface area (TPSA) is 640 Å². The molecule has 37 heteroatoms. The molecule has 107 heavy (non-hydrogen) atoms. The van der Waals surface area contributed by atoms with Crippen LogP contribution in [-0.2, 0) is 81.6 Å². The number of aliphatic hydroxyl groups is 1. The van der Waals surface area contributed by atoms with E-state index in [9.17, 15) is 72.5 Å². The van der Waals surface area contributed by atoms with Gasteiger partial charge in [-0.15, -0.1) is 0 Å². The number of nitrogens with two attached hydrogens (primary N) is 8. The van der Waals surface area contributed by atoms with Gasteiger partial charge in [-0.1, -0.05) is 84.9 Å². The highest BCUT2D eigenvalue weighted by atomic mass is 16.3. The first kappa shape index (κ1) is 87.8. The van der Waals surface area contributed by atoms with Crippen molar-refractivity contribution in [2.75, 3.05) is 52.4 Å². The molecule has 0 unspecified atom stereocenters. The number of guanidine groups is 2. The summed E-state index contributed by atoms with van der Waals surface area (Å²) < 4.78 is 0. The van der Waals surface area contributed by atoms with Gasteiger partial charge in [0.15, 0.2) is 11.9 Å². The van der Waals surface area contributed by atoms with Crippen molar-refractivity contribution in [1.29, 1.82) is 0 Å². The minimum absolute atomic E-state index is 0.0213. The van der Waals surface area contributed by atoms with Crippen molar-refractivity contribution in [3.8, 4) is 5.75 Å². The largest absolute Gasteiger partial charge is 0.508 e. The summed E-state index contributed by atoms with van der Waals surface area (Å²) in [5, 5.41) is 51.6. The van der Waals surface area contributed by atoms with Crippen LogP contribution in [0.25, 0.3) is 10.8 Å². The minimum atomic E-state index is -1.73. The quantitative estimate of drug-likeness (QED) is 0.0111. The number of hydrogen-bond acceptors (Lipinski definition) is 20. The number of aliphatic hydroxyl groups excluding tert-OH is 1. The normalized spacial score (nSPS) is 13.7. The number of unbranched alkanes of at least 4 members (excludes halogenated alkanes) is 2. The summed E-state index contributed by atoms with van der Waals surface area (Å²) in [6.07, 6.45) is 1.64. The Morgan fingerprint density at radius 1 is 0.393 bits per heavy atom. The number of nitrogens with one attached hydrogen (secondary N) is 12. The predicted octanol–water partition coefficient (Wildman–Crippen LogP) is -6.50. The number of carbonyl (C=O) groups is 13. The summed E-state index contributed by atoms with van der Waals surface area (Å²) in [6, 6.07) is 13.6. The van der Waals surface area contributed by atoms with Gasteiger partial charge in [0.1, 0.15) is 60.1 Å². The molecule has 0 aromatic heterocycles. The molecule has 0 aliphatic heterocycles. The number of phenolic OH excluding ortho intramolecular Hbond substituents is 1. The number of fused-ring (bicyclic) bond motifs is 1. The number of nitrogens with zero attached hydrogens (tertiary/aromatic N) is 2. The molecular formula is C70H104N22O15. The van der Waals surface area contributed by atoms with E-state index in [0.717, 1.165) is 10.8 Å². The Labute approximate surface area is 619 Å². The second kappa shape index (κ2) is 47.0. The van der Waals surface area contributed by atoms with Crippen molar-refractivity contribution in [2.45, 2.75) is 158 Å². The van der Waals surface area contributed by atoms with Crippen LogP contribution in [0.4, 0.5) is 0 Å². The van der Waals surface area contributed by atoms with E-state index in [1.807, 2.05) is 24.3 Å². The Morgan fingerprint density at radius 2 is 0.822 bits per heavy atom. The summed E-state index contributed by atoms with van der Waals surface area (Å²) in [5.41, 5.74) is 46.7. The van der Waals surface area contributed by atoms with E-state index in [-0.39, 0.29) is 102 Å². The van der Waals surface area contributed by atoms with Crippen molar-refractivity contribution >= 4 is 99.5 Å². The van der Waals surface area contributed by atoms with E-state index in [1.165, 1.54) is 26.0 Å². The van der Waals surface area contributed by atoms with E-state index in [2.05, 4.69) is 73.8 Å². The van der Waals surface area contributed by atoms with Crippen LogP contribution >= 0.6 is 0 Å². The molecule has 4 aromatic carbocycles. The zero-order valence-electron chi connectivity index (χ0n) is 60.1. The van der Waals surface area contributed by atoms with E-state index in [1.54, 1.807) is 60.7 Å². The number of primary amides is 1. The SMILES string of the molecule is C[C@H](NC(=O)CNC(=O)[C@H](Cc1cccc2ccccc12)NC(=O)[C@H](Cc1ccccc1)NC(=O)CNC(=O)CNC(=O)[C@@H](N)Cc1ccc(O)cc1)C(=O)N[C@@H](CCCN=C(N)N)C(=O)N[C@@H](CCCCN)C(=O)N[C@@H](CO)C(=O)N[C@@H](C)C(=O)N[C@@H](CCCN=C(N)N)C(=O)N[C@@H](CCCCN)C(N)=O. The highest BCUT2D eigenvalue weighted by molar-refractivity contribution is 5.99. The number of aliphatic imine (C=N–C) groups is 2. The fraction of sp³-hybridized carbons (Fsp3) is 0.471. The molecule has 4 rings (SSSR count). The molecule has 0 heterocycles. The van der Waals surface area contributed by atoms with Gasteiger partial charge in [-0.05, 0) is 137 Å². The van der Waals surface area contributed by atoms with Crippen molar-refractivity contribution in [2.24, 2.45) is 55.9 Å². The fourth-order valence-corrected chi connectivity index (χ4v) is 10.7. The van der Waals surface area contributed by atoms with Crippen LogP contribution in [0.2, 0.25) is 0 Å². The predicted molar refractivity (Wildman–Crippen MR) is 397 cm³/mol. The van der Waals surface area contributed by atoms with Crippen LogP contribution in [-0.4, -0.2) is 212 Å². The van der Waals surface area contributed by atoms with Gasteiger partial charge >= 0.3 is 0 Å². The molecule has 37 nitrogen and oxygen atoms in total. The zero-order chi connectivity index (χ0) is 79.0. The van der Waals surface area contributed by atoms with Gasteiger partial charge in [-0.2, -0.15) is 0 Å². The molecule has 13 amide bonds. The van der Waals surface area contributed by atoms with Crippen molar-refractivity contribution in [3.05, 3.63) is 114 Å². The highest BCUT2D eigenvalue weighted by Gasteiger charge is 2.34. The van der Waals surface area contributed by atoms with Crippen molar-refractivity contribution in [1.82, 2.24) is 63.8 Å². The van der Waals surface area contributed by atoms with Crippen LogP contribution in [0.3, 0.4) is 0 Å². The van der Waals surface area contributed by atoms with Gasteiger partial charge in [0, 0.05) is 25.9 Å². The third kappa shape index (κ3) is 33.0. The van der Waals surface area contributed by atoms with Gasteiger partial charge in [0.05, 0.1) is 32.3 Å². The smallest absolute Gasteiger partial charge is 0.245 e. The summed E-state index contributed by atoms with van der Waals surface area (Å²) in [7, 11) is 0. The van der Waals surface area contributed by atoms with Crippen LogP contribution in [0.1, 0.15) is 94.7 Å². The lowest BCUT2D eigenvalue weighted by molar-refractivity contribution is -0.136. The second-order valence-electron chi connectivity index (χ2n) is 25.3. The molecule has 30 N–H and O–H groups in total. The minimum Gasteiger partial charge on any atom is -0.508 e. The lowest BCUT2D eigenvalue weighted by atomic mass is 9.97. The molecule has 0 aliphatic rings. The molecule has 4 aromatic rings. The van der Waals surface area contributed by atoms with Crippen molar-refractivity contribution < 1.29 is 72.5 Å². The number of rotatable bonds is 48. The lowest BCUT2D eigenvalue weighted by Gasteiger charge is -2.26. The number of carbonyl (C=O) groups excluding carboxylic acids is 13. The molecule has 0 saturated heterocycles. The average Bonchev–Trinajstić information content (AvgIpc) is 0.818. The van der Waals surface area contributed by atoms with E-state index >= 15 is 0 Å². The number of amides is 13. The number of hydrogen-bond donors (Lipinski definition) is 22. The summed E-state index contributed by atoms with van der Waals surface area (Å²) in [6.45, 7) is 0.146. The fourth-order valence-electron chi connectivity index (χ4n) is 10.7. The van der Waals surface area contributed by atoms with Crippen LogP contribution in [0, 0.1) is 0 Å². The Bertz CT molecular complexity index is 3690. The molecule has 584 valence electrons. The molecular weight excluding hydrogens is 1390 g/mol. The molecule has 0 radical (unpaired) electrons. The third-order valence-electron chi connectivity index (χ3n) is 16.6. The van der Waals surface area contributed by atoms with E-state index < -0.39 is 163 Å². The van der Waals surface area contributed by atoms with Gasteiger partial charge in [0.25, 0.3) is 0 Å². The van der Waals surface area contributed by atoms with Crippen LogP contribution < -0.4 is 110 Å². The Balaban J connectivity index is 1.46. The van der Waals surface area contributed by atoms with Gasteiger partial charge in [0.2, 0.25) is 76.8 Å². The lowest BCUT2D eigenvalue weighted by Crippen LogP contribution is -2.60. The number of aromatic hydroxyl groups is 1. The van der Waals surface area contributed by atoms with Gasteiger partial charge in [-0.3, -0.25) is 72.3 Å². The molecule has 0 aliphatic carbocycles.